The number of aromatic nitrogens is 1. The highest BCUT2D eigenvalue weighted by Gasteiger charge is 2.33. The monoisotopic (exact) mass is 373 g/mol. The van der Waals surface area contributed by atoms with Gasteiger partial charge in [0.25, 0.3) is 5.91 Å². The predicted molar refractivity (Wildman–Crippen MR) is 105 cm³/mol. The van der Waals surface area contributed by atoms with E-state index in [0.717, 1.165) is 40.0 Å². The normalized spacial score (nSPS) is 18.0. The van der Waals surface area contributed by atoms with Gasteiger partial charge < -0.3 is 15.0 Å². The van der Waals surface area contributed by atoms with E-state index in [-0.39, 0.29) is 17.4 Å². The van der Waals surface area contributed by atoms with Crippen LogP contribution in [0.1, 0.15) is 52.7 Å². The lowest BCUT2D eigenvalue weighted by Gasteiger charge is -2.37. The number of para-hydroxylation sites is 1. The first-order valence-corrected chi connectivity index (χ1v) is 9.77. The molecule has 0 radical (unpaired) electrons. The number of thiazole rings is 1. The fraction of sp³-hybridized carbons (Fsp3) is 0.500. The summed E-state index contributed by atoms with van der Waals surface area (Å²) < 4.78 is 5.53. The second-order valence-electron chi connectivity index (χ2n) is 7.64. The standard InChI is InChI=1S/C20H27N3O2S/c1-13-17(26-19(22-13)20(2,3)4)18(24)23-11-10-21-12-15(23)14-8-6-7-9-16(14)25-5/h6-9,15,21H,10-12H2,1-5H3. The van der Waals surface area contributed by atoms with Crippen LogP contribution in [0.2, 0.25) is 0 Å². The molecule has 1 saturated heterocycles. The van der Waals surface area contributed by atoms with E-state index in [1.807, 2.05) is 36.1 Å². The summed E-state index contributed by atoms with van der Waals surface area (Å²) in [7, 11) is 1.67. The molecule has 1 aliphatic rings. The summed E-state index contributed by atoms with van der Waals surface area (Å²) in [6.45, 7) is 10.5. The van der Waals surface area contributed by atoms with Gasteiger partial charge in [-0.3, -0.25) is 4.79 Å². The van der Waals surface area contributed by atoms with Crippen molar-refractivity contribution in [2.45, 2.75) is 39.2 Å². The number of hydrogen-bond donors (Lipinski definition) is 1. The number of methoxy groups -OCH3 is 1. The van der Waals surface area contributed by atoms with E-state index in [1.54, 1.807) is 7.11 Å². The minimum atomic E-state index is -0.0561. The quantitative estimate of drug-likeness (QED) is 0.894. The Bertz CT molecular complexity index is 795. The van der Waals surface area contributed by atoms with Gasteiger partial charge in [0.1, 0.15) is 10.6 Å². The lowest BCUT2D eigenvalue weighted by atomic mass is 9.98. The Morgan fingerprint density at radius 1 is 1.35 bits per heavy atom. The lowest BCUT2D eigenvalue weighted by Crippen LogP contribution is -2.48. The number of aryl methyl sites for hydroxylation is 1. The second-order valence-corrected chi connectivity index (χ2v) is 8.64. The van der Waals surface area contributed by atoms with Crippen LogP contribution in [0.15, 0.2) is 24.3 Å². The molecule has 1 aliphatic heterocycles. The number of benzene rings is 1. The molecular formula is C20H27N3O2S. The Kier molecular flexibility index (Phi) is 5.34. The molecule has 3 rings (SSSR count). The first kappa shape index (κ1) is 18.9. The zero-order chi connectivity index (χ0) is 18.9. The number of piperazine rings is 1. The van der Waals surface area contributed by atoms with Crippen LogP contribution in [-0.2, 0) is 5.41 Å². The van der Waals surface area contributed by atoms with Crippen LogP contribution >= 0.6 is 11.3 Å². The van der Waals surface area contributed by atoms with E-state index in [1.165, 1.54) is 11.3 Å². The minimum absolute atomic E-state index is 0.0491. The molecule has 26 heavy (non-hydrogen) atoms. The van der Waals surface area contributed by atoms with E-state index < -0.39 is 0 Å². The molecule has 0 spiro atoms. The van der Waals surface area contributed by atoms with Crippen molar-refractivity contribution in [1.29, 1.82) is 0 Å². The van der Waals surface area contributed by atoms with Crippen LogP contribution in [-0.4, -0.2) is 42.5 Å². The number of carbonyl (C=O) groups excluding carboxylic acids is 1. The first-order valence-electron chi connectivity index (χ1n) is 8.95. The highest BCUT2D eigenvalue weighted by Crippen LogP contribution is 2.34. The van der Waals surface area contributed by atoms with Crippen LogP contribution in [0, 0.1) is 6.92 Å². The Morgan fingerprint density at radius 2 is 2.08 bits per heavy atom. The number of nitrogens with zero attached hydrogens (tertiary/aromatic N) is 2. The van der Waals surface area contributed by atoms with E-state index >= 15 is 0 Å². The molecule has 0 saturated carbocycles. The van der Waals surface area contributed by atoms with Gasteiger partial charge >= 0.3 is 0 Å². The summed E-state index contributed by atoms with van der Waals surface area (Å²) in [5.41, 5.74) is 1.80. The van der Waals surface area contributed by atoms with Crippen LogP contribution < -0.4 is 10.1 Å². The van der Waals surface area contributed by atoms with Crippen molar-refractivity contribution in [2.24, 2.45) is 0 Å². The van der Waals surface area contributed by atoms with Gasteiger partial charge in [0.2, 0.25) is 0 Å². The maximum Gasteiger partial charge on any atom is 0.266 e. The Labute approximate surface area is 159 Å². The molecule has 1 aromatic heterocycles. The number of carbonyl (C=O) groups is 1. The highest BCUT2D eigenvalue weighted by atomic mass is 32.1. The molecule has 1 atom stereocenters. The lowest BCUT2D eigenvalue weighted by molar-refractivity contribution is 0.0635. The SMILES string of the molecule is COc1ccccc1C1CNCCN1C(=O)c1sc(C(C)(C)C)nc1C. The molecule has 6 heteroatoms. The average Bonchev–Trinajstić information content (AvgIpc) is 3.03. The van der Waals surface area contributed by atoms with Gasteiger partial charge in [-0.25, -0.2) is 4.98 Å². The molecule has 140 valence electrons. The Hall–Kier alpha value is -1.92. The molecule has 1 aromatic carbocycles. The third kappa shape index (κ3) is 3.62. The summed E-state index contributed by atoms with van der Waals surface area (Å²) in [4.78, 5) is 20.7. The van der Waals surface area contributed by atoms with Gasteiger partial charge in [0.15, 0.2) is 0 Å². The zero-order valence-electron chi connectivity index (χ0n) is 16.1. The largest absolute Gasteiger partial charge is 0.496 e. The van der Waals surface area contributed by atoms with Gasteiger partial charge in [-0.1, -0.05) is 39.0 Å². The number of nitrogens with one attached hydrogen (secondary N) is 1. The maximum absolute atomic E-state index is 13.4. The maximum atomic E-state index is 13.4. The van der Waals surface area contributed by atoms with Crippen LogP contribution in [0.25, 0.3) is 0 Å². The van der Waals surface area contributed by atoms with Crippen LogP contribution in [0.3, 0.4) is 0 Å². The van der Waals surface area contributed by atoms with Gasteiger partial charge in [0.05, 0.1) is 23.9 Å². The number of amides is 1. The molecule has 1 N–H and O–H groups in total. The minimum Gasteiger partial charge on any atom is -0.496 e. The molecule has 1 unspecified atom stereocenters. The van der Waals surface area contributed by atoms with E-state index in [0.29, 0.717) is 6.54 Å². The van der Waals surface area contributed by atoms with Gasteiger partial charge in [-0.2, -0.15) is 0 Å². The van der Waals surface area contributed by atoms with Crippen molar-refractivity contribution < 1.29 is 9.53 Å². The van der Waals surface area contributed by atoms with E-state index in [4.69, 9.17) is 4.74 Å². The zero-order valence-corrected chi connectivity index (χ0v) is 16.9. The van der Waals surface area contributed by atoms with Crippen molar-refractivity contribution in [3.8, 4) is 5.75 Å². The molecule has 0 bridgehead atoms. The van der Waals surface area contributed by atoms with Gasteiger partial charge in [-0.05, 0) is 13.0 Å². The summed E-state index contributed by atoms with van der Waals surface area (Å²) in [6.07, 6.45) is 0. The van der Waals surface area contributed by atoms with E-state index in [2.05, 4.69) is 31.1 Å². The third-order valence-corrected chi connectivity index (χ3v) is 6.21. The van der Waals surface area contributed by atoms with Crippen molar-refractivity contribution in [3.63, 3.8) is 0 Å². The molecule has 2 heterocycles. The number of rotatable bonds is 3. The van der Waals surface area contributed by atoms with Gasteiger partial charge in [-0.15, -0.1) is 11.3 Å². The summed E-state index contributed by atoms with van der Waals surface area (Å²) in [5.74, 6) is 0.878. The number of hydrogen-bond acceptors (Lipinski definition) is 5. The van der Waals surface area contributed by atoms with Crippen LogP contribution in [0.5, 0.6) is 5.75 Å². The summed E-state index contributed by atoms with van der Waals surface area (Å²) in [5, 5.41) is 4.41. The highest BCUT2D eigenvalue weighted by molar-refractivity contribution is 7.14. The topological polar surface area (TPSA) is 54.5 Å². The predicted octanol–water partition coefficient (Wildman–Crippen LogP) is 3.54. The van der Waals surface area contributed by atoms with E-state index in [9.17, 15) is 4.79 Å². The smallest absolute Gasteiger partial charge is 0.266 e. The molecular weight excluding hydrogens is 346 g/mol. The van der Waals surface area contributed by atoms with Crippen molar-refractivity contribution in [2.75, 3.05) is 26.7 Å². The van der Waals surface area contributed by atoms with Crippen LogP contribution in [0.4, 0.5) is 0 Å². The van der Waals surface area contributed by atoms with Gasteiger partial charge in [0, 0.05) is 30.6 Å². The molecule has 5 nitrogen and oxygen atoms in total. The molecule has 1 fully saturated rings. The van der Waals surface area contributed by atoms with Crippen molar-refractivity contribution >= 4 is 17.2 Å². The second kappa shape index (κ2) is 7.37. The van der Waals surface area contributed by atoms with Crippen molar-refractivity contribution in [3.05, 3.63) is 45.4 Å². The third-order valence-electron chi connectivity index (χ3n) is 4.63. The van der Waals surface area contributed by atoms with Crippen molar-refractivity contribution in [1.82, 2.24) is 15.2 Å². The summed E-state index contributed by atoms with van der Waals surface area (Å²) in [6, 6.07) is 7.88. The molecule has 2 aromatic rings. The Balaban J connectivity index is 1.95. The fourth-order valence-electron chi connectivity index (χ4n) is 3.21. The molecule has 1 amide bonds. The number of ether oxygens (including phenoxy) is 1. The summed E-state index contributed by atoms with van der Waals surface area (Å²) >= 11 is 1.52. The average molecular weight is 374 g/mol. The Morgan fingerprint density at radius 3 is 2.73 bits per heavy atom. The molecule has 0 aliphatic carbocycles. The fourth-order valence-corrected chi connectivity index (χ4v) is 4.29. The first-order chi connectivity index (χ1) is 12.3.